The number of nitrogens with one attached hydrogen (secondary N) is 1. The van der Waals surface area contributed by atoms with Crippen LogP contribution in [0.25, 0.3) is 22.2 Å². The van der Waals surface area contributed by atoms with Crippen molar-refractivity contribution in [2.75, 3.05) is 0 Å². The van der Waals surface area contributed by atoms with Crippen molar-refractivity contribution in [2.45, 2.75) is 13.3 Å². The number of aromatic nitrogens is 2. The molecule has 0 atom stereocenters. The van der Waals surface area contributed by atoms with Crippen LogP contribution in [0.5, 0.6) is 0 Å². The summed E-state index contributed by atoms with van der Waals surface area (Å²) in [6.07, 6.45) is 4.19. The minimum absolute atomic E-state index is 0.185. The van der Waals surface area contributed by atoms with Gasteiger partial charge in [-0.15, -0.1) is 0 Å². The number of benzene rings is 1. The van der Waals surface area contributed by atoms with Crippen molar-refractivity contribution in [3.8, 4) is 11.1 Å². The van der Waals surface area contributed by atoms with Crippen molar-refractivity contribution < 1.29 is 4.79 Å². The van der Waals surface area contributed by atoms with E-state index in [0.29, 0.717) is 6.42 Å². The Balaban J connectivity index is 2.02. The lowest BCUT2D eigenvalue weighted by molar-refractivity contribution is -0.116. The molecule has 0 saturated heterocycles. The molecule has 1 aromatic carbocycles. The van der Waals surface area contributed by atoms with E-state index in [1.54, 1.807) is 13.1 Å². The molecule has 1 N–H and O–H groups in total. The number of ketones is 1. The van der Waals surface area contributed by atoms with Crippen LogP contribution in [0.3, 0.4) is 0 Å². The van der Waals surface area contributed by atoms with Gasteiger partial charge < -0.3 is 4.98 Å². The first-order valence-electron chi connectivity index (χ1n) is 6.25. The van der Waals surface area contributed by atoms with Crippen molar-refractivity contribution in [1.29, 1.82) is 0 Å². The monoisotopic (exact) mass is 250 g/mol. The van der Waals surface area contributed by atoms with Crippen LogP contribution in [0.2, 0.25) is 0 Å². The third kappa shape index (κ3) is 2.27. The second-order valence-electron chi connectivity index (χ2n) is 4.67. The molecule has 0 amide bonds. The summed E-state index contributed by atoms with van der Waals surface area (Å²) in [7, 11) is 0. The molecule has 0 spiro atoms. The molecule has 0 saturated carbocycles. The maximum atomic E-state index is 11.1. The molecule has 2 aromatic heterocycles. The summed E-state index contributed by atoms with van der Waals surface area (Å²) < 4.78 is 0. The molecule has 0 aliphatic carbocycles. The van der Waals surface area contributed by atoms with Crippen LogP contribution in [-0.2, 0) is 11.2 Å². The van der Waals surface area contributed by atoms with Crippen LogP contribution in [0.4, 0.5) is 0 Å². The number of fused-ring (bicyclic) bond motifs is 1. The van der Waals surface area contributed by atoms with E-state index in [1.807, 2.05) is 30.5 Å². The number of nitrogens with zero attached hydrogens (tertiary/aromatic N) is 1. The lowest BCUT2D eigenvalue weighted by atomic mass is 10.0. The van der Waals surface area contributed by atoms with E-state index in [4.69, 9.17) is 0 Å². The smallest absolute Gasteiger partial charge is 0.137 e. The zero-order chi connectivity index (χ0) is 13.2. The largest absolute Gasteiger partial charge is 0.346 e. The van der Waals surface area contributed by atoms with Crippen molar-refractivity contribution in [3.05, 3.63) is 54.4 Å². The number of H-pyrrole nitrogens is 1. The van der Waals surface area contributed by atoms with Crippen LogP contribution in [0, 0.1) is 0 Å². The number of rotatable bonds is 3. The number of aromatic amines is 1. The molecule has 3 heteroatoms. The second kappa shape index (κ2) is 4.69. The molecule has 2 heterocycles. The van der Waals surface area contributed by atoms with Gasteiger partial charge in [-0.2, -0.15) is 0 Å². The quantitative estimate of drug-likeness (QED) is 0.774. The molecule has 0 aliphatic heterocycles. The van der Waals surface area contributed by atoms with Crippen LogP contribution in [-0.4, -0.2) is 15.8 Å². The summed E-state index contributed by atoms with van der Waals surface area (Å²) in [5.74, 6) is 0.185. The summed E-state index contributed by atoms with van der Waals surface area (Å²) in [6, 6.07) is 12.2. The molecule has 0 unspecified atom stereocenters. The third-order valence-electron chi connectivity index (χ3n) is 3.18. The topological polar surface area (TPSA) is 45.8 Å². The van der Waals surface area contributed by atoms with Gasteiger partial charge in [-0.3, -0.25) is 4.79 Å². The Bertz CT molecular complexity index is 726. The first-order chi connectivity index (χ1) is 9.24. The van der Waals surface area contributed by atoms with Crippen LogP contribution >= 0.6 is 0 Å². The Hall–Kier alpha value is -2.42. The minimum Gasteiger partial charge on any atom is -0.346 e. The van der Waals surface area contributed by atoms with Gasteiger partial charge in [0.2, 0.25) is 0 Å². The number of carbonyl (C=O) groups excluding carboxylic acids is 1. The van der Waals surface area contributed by atoms with Crippen molar-refractivity contribution in [2.24, 2.45) is 0 Å². The Morgan fingerprint density at radius 3 is 2.68 bits per heavy atom. The standard InChI is InChI=1S/C16H14N2O/c1-11(19)10-12-2-4-13(5-3-12)14-6-8-17-16-15(14)7-9-18-16/h2-9H,10H2,1H3,(H,17,18). The lowest BCUT2D eigenvalue weighted by Crippen LogP contribution is -1.95. The van der Waals surface area contributed by atoms with Crippen molar-refractivity contribution >= 4 is 16.8 Å². The van der Waals surface area contributed by atoms with Crippen molar-refractivity contribution in [1.82, 2.24) is 9.97 Å². The van der Waals surface area contributed by atoms with Gasteiger partial charge in [-0.1, -0.05) is 24.3 Å². The fourth-order valence-corrected chi connectivity index (χ4v) is 2.30. The molecule has 3 rings (SSSR count). The van der Waals surface area contributed by atoms with Crippen LogP contribution in [0.1, 0.15) is 12.5 Å². The summed E-state index contributed by atoms with van der Waals surface area (Å²) >= 11 is 0. The Morgan fingerprint density at radius 1 is 1.16 bits per heavy atom. The SMILES string of the molecule is CC(=O)Cc1ccc(-c2ccnc3[nH]ccc23)cc1. The highest BCUT2D eigenvalue weighted by Crippen LogP contribution is 2.27. The molecular weight excluding hydrogens is 236 g/mol. The van der Waals surface area contributed by atoms with E-state index < -0.39 is 0 Å². The van der Waals surface area contributed by atoms with Gasteiger partial charge in [0.15, 0.2) is 0 Å². The summed E-state index contributed by atoms with van der Waals surface area (Å²) in [5, 5.41) is 1.11. The normalized spacial score (nSPS) is 10.8. The van der Waals surface area contributed by atoms with Crippen LogP contribution < -0.4 is 0 Å². The first-order valence-corrected chi connectivity index (χ1v) is 6.25. The van der Waals surface area contributed by atoms with Gasteiger partial charge in [-0.05, 0) is 35.7 Å². The van der Waals surface area contributed by atoms with Gasteiger partial charge in [0.25, 0.3) is 0 Å². The number of carbonyl (C=O) groups is 1. The fraction of sp³-hybridized carbons (Fsp3) is 0.125. The van der Waals surface area contributed by atoms with Crippen LogP contribution in [0.15, 0.2) is 48.8 Å². The zero-order valence-corrected chi connectivity index (χ0v) is 10.7. The average molecular weight is 250 g/mol. The van der Waals surface area contributed by atoms with E-state index in [2.05, 4.69) is 22.1 Å². The van der Waals surface area contributed by atoms with E-state index >= 15 is 0 Å². The maximum absolute atomic E-state index is 11.1. The van der Waals surface area contributed by atoms with Gasteiger partial charge in [0.05, 0.1) is 0 Å². The minimum atomic E-state index is 0.185. The number of hydrogen-bond donors (Lipinski definition) is 1. The maximum Gasteiger partial charge on any atom is 0.137 e. The number of hydrogen-bond acceptors (Lipinski definition) is 2. The van der Waals surface area contributed by atoms with Gasteiger partial charge in [0.1, 0.15) is 11.4 Å². The van der Waals surface area contributed by atoms with Gasteiger partial charge >= 0.3 is 0 Å². The molecule has 94 valence electrons. The first kappa shape index (κ1) is 11.7. The molecule has 0 radical (unpaired) electrons. The predicted molar refractivity (Wildman–Crippen MR) is 75.9 cm³/mol. The lowest BCUT2D eigenvalue weighted by Gasteiger charge is -2.05. The predicted octanol–water partition coefficient (Wildman–Crippen LogP) is 3.36. The molecule has 3 nitrogen and oxygen atoms in total. The zero-order valence-electron chi connectivity index (χ0n) is 10.7. The van der Waals surface area contributed by atoms with Gasteiger partial charge in [-0.25, -0.2) is 4.98 Å². The Morgan fingerprint density at radius 2 is 1.95 bits per heavy atom. The number of pyridine rings is 1. The summed E-state index contributed by atoms with van der Waals surface area (Å²) in [5.41, 5.74) is 4.24. The van der Waals surface area contributed by atoms with E-state index in [-0.39, 0.29) is 5.78 Å². The molecule has 0 fully saturated rings. The van der Waals surface area contributed by atoms with E-state index in [0.717, 1.165) is 27.7 Å². The molecule has 3 aromatic rings. The fourth-order valence-electron chi connectivity index (χ4n) is 2.30. The average Bonchev–Trinajstić information content (AvgIpc) is 2.87. The van der Waals surface area contributed by atoms with E-state index in [9.17, 15) is 4.79 Å². The van der Waals surface area contributed by atoms with Gasteiger partial charge in [0, 0.05) is 24.2 Å². The molecule has 0 aliphatic rings. The second-order valence-corrected chi connectivity index (χ2v) is 4.67. The highest BCUT2D eigenvalue weighted by molar-refractivity contribution is 5.92. The summed E-state index contributed by atoms with van der Waals surface area (Å²) in [6.45, 7) is 1.61. The highest BCUT2D eigenvalue weighted by Gasteiger charge is 2.05. The Labute approximate surface area is 111 Å². The Kier molecular flexibility index (Phi) is 2.88. The van der Waals surface area contributed by atoms with Crippen molar-refractivity contribution in [3.63, 3.8) is 0 Å². The molecule has 0 bridgehead atoms. The summed E-state index contributed by atoms with van der Waals surface area (Å²) in [4.78, 5) is 18.5. The third-order valence-corrected chi connectivity index (χ3v) is 3.18. The molecular formula is C16H14N2O. The molecule has 19 heavy (non-hydrogen) atoms. The van der Waals surface area contributed by atoms with E-state index in [1.165, 1.54) is 0 Å². The number of Topliss-reactive ketones (excluding diaryl/α,β-unsaturated/α-hetero) is 1. The highest BCUT2D eigenvalue weighted by atomic mass is 16.1.